The summed E-state index contributed by atoms with van der Waals surface area (Å²) in [6, 6.07) is 6.60. The van der Waals surface area contributed by atoms with Crippen LogP contribution in [0.25, 0.3) is 0 Å². The Balaban J connectivity index is 1.37. The van der Waals surface area contributed by atoms with Gasteiger partial charge in [0.2, 0.25) is 0 Å². The number of hydrogen-bond acceptors (Lipinski definition) is 10. The molecule has 12 atom stereocenters. The molecule has 238 valence electrons. The number of piperidine rings is 1. The average molecular weight is 620 g/mol. The van der Waals surface area contributed by atoms with Gasteiger partial charge in [-0.15, -0.1) is 0 Å². The predicted molar refractivity (Wildman–Crippen MR) is 156 cm³/mol. The fraction of sp³-hybridized carbons (Fsp3) is 0.781. The van der Waals surface area contributed by atoms with Gasteiger partial charge >= 0.3 is 5.97 Å². The Hall–Kier alpha value is -1.60. The van der Waals surface area contributed by atoms with Gasteiger partial charge in [-0.3, -0.25) is 4.90 Å². The van der Waals surface area contributed by atoms with Gasteiger partial charge in [-0.05, 0) is 49.8 Å². The summed E-state index contributed by atoms with van der Waals surface area (Å²) >= 11 is 0. The average Bonchev–Trinajstić information content (AvgIpc) is 3.39. The van der Waals surface area contributed by atoms with E-state index in [1.807, 2.05) is 0 Å². The van der Waals surface area contributed by atoms with Crippen molar-refractivity contribution < 1.29 is 42.7 Å². The Kier molecular flexibility index (Phi) is 6.79. The minimum Gasteiger partial charge on any atom is -0.454 e. The lowest BCUT2D eigenvalue weighted by atomic mass is 9.42. The highest BCUT2D eigenvalue weighted by molar-refractivity contribution is 7.89. The predicted octanol–water partition coefficient (Wildman–Crippen LogP) is 1.40. The first-order valence-electron chi connectivity index (χ1n) is 15.7. The Morgan fingerprint density at radius 1 is 1.12 bits per heavy atom. The number of rotatable bonds is 8. The molecular weight excluding hydrogens is 574 g/mol. The zero-order valence-electron chi connectivity index (χ0n) is 25.4. The van der Waals surface area contributed by atoms with Crippen LogP contribution in [0, 0.1) is 35.0 Å². The molecule has 1 saturated heterocycles. The Morgan fingerprint density at radius 3 is 2.51 bits per heavy atom. The lowest BCUT2D eigenvalue weighted by Gasteiger charge is -2.71. The number of benzene rings is 1. The molecule has 11 heteroatoms. The first-order chi connectivity index (χ1) is 20.4. The van der Waals surface area contributed by atoms with Gasteiger partial charge in [0.1, 0.15) is 16.8 Å². The normalized spacial score (nSPS) is 47.9. The summed E-state index contributed by atoms with van der Waals surface area (Å²) in [6.45, 7) is 3.16. The van der Waals surface area contributed by atoms with Crippen molar-refractivity contribution in [2.24, 2.45) is 35.0 Å². The quantitative estimate of drug-likeness (QED) is 0.366. The number of likely N-dealkylation sites (tertiary alicyclic amines) is 1. The summed E-state index contributed by atoms with van der Waals surface area (Å²) in [5.74, 6) is -2.01. The number of likely N-dealkylation sites (N-methyl/N-ethyl adjacent to an activating group) is 1. The largest absolute Gasteiger partial charge is 0.454 e. The van der Waals surface area contributed by atoms with Crippen LogP contribution in [0.3, 0.4) is 0 Å². The third-order valence-electron chi connectivity index (χ3n) is 13.0. The van der Waals surface area contributed by atoms with E-state index in [-0.39, 0.29) is 53.7 Å². The Morgan fingerprint density at radius 2 is 1.86 bits per heavy atom. The Bertz CT molecular complexity index is 1420. The van der Waals surface area contributed by atoms with E-state index in [4.69, 9.17) is 14.2 Å². The van der Waals surface area contributed by atoms with Crippen molar-refractivity contribution in [2.45, 2.75) is 79.8 Å². The molecule has 1 heterocycles. The summed E-state index contributed by atoms with van der Waals surface area (Å²) in [7, 11) is -0.146. The second-order valence-corrected chi connectivity index (χ2v) is 16.5. The fourth-order valence-corrected chi connectivity index (χ4v) is 12.7. The maximum Gasteiger partial charge on any atom is 0.339 e. The highest BCUT2D eigenvalue weighted by atomic mass is 32.2. The second-order valence-electron chi connectivity index (χ2n) is 14.3. The summed E-state index contributed by atoms with van der Waals surface area (Å²) in [5.41, 5.74) is -3.90. The third-order valence-corrected chi connectivity index (χ3v) is 13.8. The van der Waals surface area contributed by atoms with Crippen molar-refractivity contribution >= 4 is 15.8 Å². The molecule has 0 aromatic heterocycles. The minimum absolute atomic E-state index is 0.0560. The number of carbonyl (C=O) groups excluding carboxylic acids is 1. The molecule has 3 N–H and O–H groups in total. The number of aliphatic hydroxyl groups is 3. The molecule has 1 aromatic rings. The number of aliphatic hydroxyl groups excluding tert-OH is 1. The van der Waals surface area contributed by atoms with E-state index in [9.17, 15) is 28.5 Å². The van der Waals surface area contributed by atoms with Gasteiger partial charge in [0.05, 0.1) is 23.5 Å². The van der Waals surface area contributed by atoms with Crippen LogP contribution in [0.2, 0.25) is 0 Å². The maximum absolute atomic E-state index is 14.1. The van der Waals surface area contributed by atoms with E-state index in [2.05, 4.69) is 11.8 Å². The maximum atomic E-state index is 14.1. The molecule has 6 aliphatic rings. The molecule has 5 aliphatic carbocycles. The van der Waals surface area contributed by atoms with Gasteiger partial charge in [0.25, 0.3) is 0 Å². The van der Waals surface area contributed by atoms with Crippen molar-refractivity contribution in [1.29, 1.82) is 0 Å². The van der Waals surface area contributed by atoms with E-state index in [1.165, 1.54) is 0 Å². The highest BCUT2D eigenvalue weighted by Gasteiger charge is 2.88. The number of nitrogens with zero attached hydrogens (tertiary/aromatic N) is 1. The first kappa shape index (κ1) is 30.1. The van der Waals surface area contributed by atoms with Crippen LogP contribution in [0.5, 0.6) is 0 Å². The van der Waals surface area contributed by atoms with E-state index in [0.717, 1.165) is 6.26 Å². The van der Waals surface area contributed by atoms with Crippen LogP contribution in [0.15, 0.2) is 24.3 Å². The van der Waals surface area contributed by atoms with Crippen molar-refractivity contribution in [3.05, 3.63) is 35.4 Å². The minimum atomic E-state index is -3.39. The van der Waals surface area contributed by atoms with Crippen LogP contribution in [-0.4, -0.2) is 110 Å². The van der Waals surface area contributed by atoms with Crippen molar-refractivity contribution in [1.82, 2.24) is 4.90 Å². The van der Waals surface area contributed by atoms with Gasteiger partial charge in [-0.1, -0.05) is 25.1 Å². The van der Waals surface area contributed by atoms with Gasteiger partial charge in [-0.2, -0.15) is 0 Å². The van der Waals surface area contributed by atoms with E-state index in [1.54, 1.807) is 38.5 Å². The van der Waals surface area contributed by atoms with Crippen molar-refractivity contribution in [3.8, 4) is 0 Å². The highest BCUT2D eigenvalue weighted by Crippen LogP contribution is 2.80. The molecule has 0 amide bonds. The summed E-state index contributed by atoms with van der Waals surface area (Å²) in [6.07, 6.45) is 2.86. The zero-order valence-corrected chi connectivity index (χ0v) is 26.3. The summed E-state index contributed by atoms with van der Waals surface area (Å²) < 4.78 is 43.0. The van der Waals surface area contributed by atoms with Gasteiger partial charge in [-0.25, -0.2) is 13.2 Å². The molecule has 7 bridgehead atoms. The van der Waals surface area contributed by atoms with Crippen LogP contribution in [0.1, 0.15) is 54.9 Å². The zero-order chi connectivity index (χ0) is 30.7. The number of carbonyl (C=O) groups is 1. The van der Waals surface area contributed by atoms with Crippen LogP contribution in [0.4, 0.5) is 0 Å². The summed E-state index contributed by atoms with van der Waals surface area (Å²) in [5, 5.41) is 36.6. The van der Waals surface area contributed by atoms with Crippen molar-refractivity contribution in [3.63, 3.8) is 0 Å². The van der Waals surface area contributed by atoms with Crippen LogP contribution in [-0.2, 0) is 29.8 Å². The number of fused-ring (bicyclic) bond motifs is 2. The van der Waals surface area contributed by atoms with E-state index < -0.39 is 50.0 Å². The number of sulfone groups is 1. The molecule has 1 aliphatic heterocycles. The van der Waals surface area contributed by atoms with Crippen LogP contribution < -0.4 is 0 Å². The topological polar surface area (TPSA) is 143 Å². The van der Waals surface area contributed by atoms with Crippen molar-refractivity contribution in [2.75, 3.05) is 40.2 Å². The van der Waals surface area contributed by atoms with Gasteiger partial charge < -0.3 is 29.5 Å². The van der Waals surface area contributed by atoms with Gasteiger partial charge in [0, 0.05) is 75.2 Å². The molecule has 10 nitrogen and oxygen atoms in total. The summed E-state index contributed by atoms with van der Waals surface area (Å²) in [4.78, 5) is 16.4. The molecule has 43 heavy (non-hydrogen) atoms. The molecule has 1 aromatic carbocycles. The molecule has 1 spiro atoms. The molecule has 3 unspecified atom stereocenters. The molecular formula is C32H45NO9S. The smallest absolute Gasteiger partial charge is 0.339 e. The molecule has 5 saturated carbocycles. The number of esters is 1. The molecule has 0 radical (unpaired) electrons. The first-order valence-corrected chi connectivity index (χ1v) is 17.8. The van der Waals surface area contributed by atoms with E-state index in [0.29, 0.717) is 50.8 Å². The lowest BCUT2D eigenvalue weighted by Crippen LogP contribution is -2.82. The Labute approximate surface area is 253 Å². The fourth-order valence-electron chi connectivity index (χ4n) is 11.9. The molecule has 6 fully saturated rings. The molecule has 7 rings (SSSR count). The van der Waals surface area contributed by atoms with E-state index >= 15 is 0 Å². The number of hydrogen-bond donors (Lipinski definition) is 3. The van der Waals surface area contributed by atoms with Crippen LogP contribution >= 0.6 is 0 Å². The standard InChI is InChI=1S/C32H45NO9S/c1-5-33-17-29(42-28(35)20-9-7-6-8-18(20)16-43(4,38)39)11-10-19(15-34)31-24(29)13-22(26(31)33)30(36)14-23(40-2)21-12-25(31)32(30,37)27(21)41-3/h6-9,19,21-27,34,36-37H,5,10-17H2,1-4H3/t19-,21-,22+,23+,24?,25?,26?,27+,29-,30+,31+,32+/m1/s1. The number of ether oxygens (including phenoxy) is 3. The lowest BCUT2D eigenvalue weighted by molar-refractivity contribution is -0.333. The monoisotopic (exact) mass is 619 g/mol. The number of methoxy groups -OCH3 is 2. The van der Waals surface area contributed by atoms with Gasteiger partial charge in [0.15, 0.2) is 9.84 Å². The second kappa shape index (κ2) is 9.70. The SMILES string of the molecule is CCN1C[C@]2(OC(=O)c3ccccc3CS(C)(=O)=O)CC[C@H](CO)[C@]34C1[C@H](CC23)[C@@]1(O)C[C@H](OC)[C@H]2CC4[C@]1(O)[C@H]2OC. The third kappa shape index (κ3) is 3.61.